The van der Waals surface area contributed by atoms with Crippen molar-refractivity contribution < 1.29 is 14.3 Å². The lowest BCUT2D eigenvalue weighted by Crippen LogP contribution is -2.36. The molecular formula is C12H20N2O3. The van der Waals surface area contributed by atoms with Gasteiger partial charge in [0.15, 0.2) is 0 Å². The summed E-state index contributed by atoms with van der Waals surface area (Å²) in [7, 11) is 0. The van der Waals surface area contributed by atoms with E-state index in [4.69, 9.17) is 9.15 Å². The average molecular weight is 240 g/mol. The predicted molar refractivity (Wildman–Crippen MR) is 64.1 cm³/mol. The van der Waals surface area contributed by atoms with Gasteiger partial charge in [-0.2, -0.15) is 0 Å². The Hall–Kier alpha value is -1.07. The number of oxazole rings is 1. The second kappa shape index (κ2) is 5.06. The molecule has 5 heteroatoms. The third-order valence-electron chi connectivity index (χ3n) is 2.97. The van der Waals surface area contributed by atoms with Gasteiger partial charge in [-0.15, -0.1) is 0 Å². The van der Waals surface area contributed by atoms with Crippen molar-refractivity contribution in [3.05, 3.63) is 11.6 Å². The minimum atomic E-state index is -0.636. The molecule has 96 valence electrons. The number of ether oxygens (including phenoxy) is 1. The molecule has 2 rings (SSSR count). The summed E-state index contributed by atoms with van der Waals surface area (Å²) in [6.45, 7) is 8.84. The Balaban J connectivity index is 2.17. The molecule has 1 saturated heterocycles. The molecule has 1 aliphatic heterocycles. The Kier molecular flexibility index (Phi) is 3.69. The normalized spacial score (nSPS) is 18.8. The Labute approximate surface area is 101 Å². The van der Waals surface area contributed by atoms with Gasteiger partial charge in [0.05, 0.1) is 13.2 Å². The highest BCUT2D eigenvalue weighted by Crippen LogP contribution is 2.28. The lowest BCUT2D eigenvalue weighted by Gasteiger charge is -2.26. The van der Waals surface area contributed by atoms with E-state index in [0.717, 1.165) is 24.7 Å². The maximum absolute atomic E-state index is 9.93. The molecule has 0 spiro atoms. The fraction of sp³-hybridized carbons (Fsp3) is 0.750. The highest BCUT2D eigenvalue weighted by molar-refractivity contribution is 5.40. The van der Waals surface area contributed by atoms with Gasteiger partial charge in [-0.1, -0.05) is 13.8 Å². The van der Waals surface area contributed by atoms with Gasteiger partial charge in [0, 0.05) is 13.1 Å². The molecule has 1 aliphatic rings. The number of nitrogens with zero attached hydrogens (tertiary/aromatic N) is 2. The quantitative estimate of drug-likeness (QED) is 0.867. The number of aliphatic hydroxyl groups is 1. The van der Waals surface area contributed by atoms with Crippen molar-refractivity contribution in [2.45, 2.75) is 26.9 Å². The number of aliphatic hydroxyl groups excluding tert-OH is 1. The molecule has 0 amide bonds. The number of aromatic nitrogens is 1. The van der Waals surface area contributed by atoms with Gasteiger partial charge >= 0.3 is 0 Å². The maximum atomic E-state index is 9.93. The third-order valence-corrected chi connectivity index (χ3v) is 2.97. The topological polar surface area (TPSA) is 58.7 Å². The Morgan fingerprint density at radius 2 is 1.94 bits per heavy atom. The molecule has 1 atom stereocenters. The lowest BCUT2D eigenvalue weighted by atomic mass is 10.1. The fourth-order valence-electron chi connectivity index (χ4n) is 1.88. The van der Waals surface area contributed by atoms with Crippen molar-refractivity contribution in [2.24, 2.45) is 5.92 Å². The zero-order valence-electron chi connectivity index (χ0n) is 10.6. The molecule has 0 bridgehead atoms. The van der Waals surface area contributed by atoms with Crippen LogP contribution < -0.4 is 4.90 Å². The predicted octanol–water partition coefficient (Wildman–Crippen LogP) is 1.51. The zero-order valence-corrected chi connectivity index (χ0v) is 10.6. The van der Waals surface area contributed by atoms with Gasteiger partial charge in [-0.3, -0.25) is 0 Å². The zero-order chi connectivity index (χ0) is 12.4. The first-order chi connectivity index (χ1) is 8.09. The molecule has 0 saturated carbocycles. The van der Waals surface area contributed by atoms with Crippen LogP contribution in [0.15, 0.2) is 4.42 Å². The first-order valence-corrected chi connectivity index (χ1v) is 6.07. The summed E-state index contributed by atoms with van der Waals surface area (Å²) in [5.41, 5.74) is 0.835. The van der Waals surface area contributed by atoms with E-state index in [1.807, 2.05) is 20.8 Å². The fourth-order valence-corrected chi connectivity index (χ4v) is 1.88. The second-order valence-corrected chi connectivity index (χ2v) is 4.73. The third kappa shape index (κ3) is 2.61. The van der Waals surface area contributed by atoms with E-state index in [2.05, 4.69) is 9.88 Å². The number of rotatable bonds is 3. The van der Waals surface area contributed by atoms with Crippen molar-refractivity contribution in [1.29, 1.82) is 0 Å². The van der Waals surface area contributed by atoms with Crippen LogP contribution in [0.2, 0.25) is 0 Å². The number of hydrogen-bond donors (Lipinski definition) is 1. The van der Waals surface area contributed by atoms with Crippen LogP contribution in [0.3, 0.4) is 0 Å². The minimum absolute atomic E-state index is 0.102. The van der Waals surface area contributed by atoms with Crippen LogP contribution >= 0.6 is 0 Å². The van der Waals surface area contributed by atoms with E-state index < -0.39 is 6.10 Å². The van der Waals surface area contributed by atoms with Gasteiger partial charge < -0.3 is 19.2 Å². The Bertz CT molecular complexity index is 370. The molecule has 1 fully saturated rings. The van der Waals surface area contributed by atoms with Crippen LogP contribution in [0.4, 0.5) is 5.88 Å². The standard InChI is InChI=1S/C12H20N2O3/c1-8(2)10(15)11-13-9(3)12(17-11)14-4-6-16-7-5-14/h8,10,15H,4-7H2,1-3H3/t10-/m0/s1. The van der Waals surface area contributed by atoms with Crippen molar-refractivity contribution >= 4 is 5.88 Å². The molecule has 5 nitrogen and oxygen atoms in total. The van der Waals surface area contributed by atoms with Crippen LogP contribution in [0.5, 0.6) is 0 Å². The number of anilines is 1. The lowest BCUT2D eigenvalue weighted by molar-refractivity contribution is 0.0954. The van der Waals surface area contributed by atoms with Crippen LogP contribution in [0, 0.1) is 12.8 Å². The molecule has 1 aromatic heterocycles. The first-order valence-electron chi connectivity index (χ1n) is 6.07. The summed E-state index contributed by atoms with van der Waals surface area (Å²) in [6.07, 6.45) is -0.636. The van der Waals surface area contributed by atoms with Crippen molar-refractivity contribution in [2.75, 3.05) is 31.2 Å². The number of morpholine rings is 1. The Morgan fingerprint density at radius 1 is 1.29 bits per heavy atom. The van der Waals surface area contributed by atoms with E-state index in [9.17, 15) is 5.11 Å². The average Bonchev–Trinajstić information content (AvgIpc) is 2.71. The SMILES string of the molecule is Cc1nc([C@@H](O)C(C)C)oc1N1CCOCC1. The maximum Gasteiger partial charge on any atom is 0.226 e. The van der Waals surface area contributed by atoms with Crippen molar-refractivity contribution in [3.8, 4) is 0 Å². The molecule has 1 aromatic rings. The highest BCUT2D eigenvalue weighted by atomic mass is 16.5. The monoisotopic (exact) mass is 240 g/mol. The van der Waals surface area contributed by atoms with Gasteiger partial charge in [0.25, 0.3) is 0 Å². The van der Waals surface area contributed by atoms with Crippen LogP contribution in [0.25, 0.3) is 0 Å². The van der Waals surface area contributed by atoms with Crippen LogP contribution in [0.1, 0.15) is 31.5 Å². The van der Waals surface area contributed by atoms with Crippen LogP contribution in [-0.2, 0) is 4.74 Å². The molecule has 1 N–H and O–H groups in total. The van der Waals surface area contributed by atoms with Crippen molar-refractivity contribution in [1.82, 2.24) is 4.98 Å². The second-order valence-electron chi connectivity index (χ2n) is 4.73. The van der Waals surface area contributed by atoms with E-state index >= 15 is 0 Å². The van der Waals surface area contributed by atoms with E-state index in [1.165, 1.54) is 0 Å². The molecule has 0 aliphatic carbocycles. The van der Waals surface area contributed by atoms with Gasteiger partial charge in [-0.05, 0) is 12.8 Å². The summed E-state index contributed by atoms with van der Waals surface area (Å²) in [5, 5.41) is 9.93. The summed E-state index contributed by atoms with van der Waals surface area (Å²) < 4.78 is 11.0. The smallest absolute Gasteiger partial charge is 0.226 e. The van der Waals surface area contributed by atoms with Gasteiger partial charge in [-0.25, -0.2) is 4.98 Å². The van der Waals surface area contributed by atoms with E-state index in [-0.39, 0.29) is 5.92 Å². The molecule has 0 aromatic carbocycles. The van der Waals surface area contributed by atoms with Crippen LogP contribution in [-0.4, -0.2) is 36.4 Å². The molecule has 0 unspecified atom stereocenters. The van der Waals surface area contributed by atoms with E-state index in [0.29, 0.717) is 19.1 Å². The minimum Gasteiger partial charge on any atom is -0.422 e. The van der Waals surface area contributed by atoms with Gasteiger partial charge in [0.1, 0.15) is 11.8 Å². The number of aryl methyl sites for hydroxylation is 1. The highest BCUT2D eigenvalue weighted by Gasteiger charge is 2.23. The molecular weight excluding hydrogens is 220 g/mol. The molecule has 2 heterocycles. The first kappa shape index (κ1) is 12.4. The summed E-state index contributed by atoms with van der Waals surface area (Å²) >= 11 is 0. The number of hydrogen-bond acceptors (Lipinski definition) is 5. The van der Waals surface area contributed by atoms with E-state index in [1.54, 1.807) is 0 Å². The summed E-state index contributed by atoms with van der Waals surface area (Å²) in [6, 6.07) is 0. The Morgan fingerprint density at radius 3 is 2.53 bits per heavy atom. The van der Waals surface area contributed by atoms with Crippen molar-refractivity contribution in [3.63, 3.8) is 0 Å². The largest absolute Gasteiger partial charge is 0.422 e. The molecule has 0 radical (unpaired) electrons. The van der Waals surface area contributed by atoms with Gasteiger partial charge in [0.2, 0.25) is 11.8 Å². The summed E-state index contributed by atoms with van der Waals surface area (Å²) in [4.78, 5) is 6.42. The molecule has 17 heavy (non-hydrogen) atoms. The summed E-state index contributed by atoms with van der Waals surface area (Å²) in [5.74, 6) is 1.28.